The summed E-state index contributed by atoms with van der Waals surface area (Å²) in [5, 5.41) is 2.54. The van der Waals surface area contributed by atoms with Gasteiger partial charge in [0.1, 0.15) is 5.69 Å². The van der Waals surface area contributed by atoms with Crippen LogP contribution in [0.15, 0.2) is 23.3 Å². The predicted molar refractivity (Wildman–Crippen MR) is 45.8 cm³/mol. The van der Waals surface area contributed by atoms with Crippen LogP contribution in [0.1, 0.15) is 10.4 Å². The molecule has 0 radical (unpaired) electrons. The number of carbonyl (C=O) groups excluding carboxylic acids is 1. The third kappa shape index (κ3) is 1.60. The standard InChI is InChI=1S/C7H6ClN3O/c8-7(12)4-1-2-5(9)6(3-4)11-10/h1-3,10H,9H2. The summed E-state index contributed by atoms with van der Waals surface area (Å²) in [5.41, 5.74) is 13.0. The van der Waals surface area contributed by atoms with Crippen molar-refractivity contribution in [1.82, 2.24) is 0 Å². The van der Waals surface area contributed by atoms with Crippen molar-refractivity contribution in [2.45, 2.75) is 0 Å². The molecule has 62 valence electrons. The number of nitrogen functional groups attached to an aromatic ring is 1. The fourth-order valence-corrected chi connectivity index (χ4v) is 0.880. The van der Waals surface area contributed by atoms with E-state index < -0.39 is 5.24 Å². The van der Waals surface area contributed by atoms with Gasteiger partial charge in [-0.1, -0.05) is 0 Å². The zero-order valence-corrected chi connectivity index (χ0v) is 6.80. The summed E-state index contributed by atoms with van der Waals surface area (Å²) < 4.78 is 0. The van der Waals surface area contributed by atoms with Gasteiger partial charge in [-0.3, -0.25) is 4.79 Å². The molecule has 1 aromatic rings. The summed E-state index contributed by atoms with van der Waals surface area (Å²) >= 11 is 5.20. The Balaban J connectivity index is 3.22. The zero-order chi connectivity index (χ0) is 9.14. The van der Waals surface area contributed by atoms with Crippen LogP contribution in [0.2, 0.25) is 0 Å². The Hall–Kier alpha value is -1.42. The predicted octanol–water partition coefficient (Wildman–Crippen LogP) is 2.31. The van der Waals surface area contributed by atoms with E-state index in [4.69, 9.17) is 22.9 Å². The van der Waals surface area contributed by atoms with Crippen molar-refractivity contribution in [1.29, 1.82) is 5.53 Å². The monoisotopic (exact) mass is 183 g/mol. The molecule has 0 aliphatic rings. The van der Waals surface area contributed by atoms with E-state index in [2.05, 4.69) is 5.11 Å². The van der Waals surface area contributed by atoms with Crippen LogP contribution >= 0.6 is 11.6 Å². The molecular weight excluding hydrogens is 178 g/mol. The van der Waals surface area contributed by atoms with Crippen LogP contribution in [0.5, 0.6) is 0 Å². The molecule has 1 rings (SSSR count). The molecule has 0 atom stereocenters. The Morgan fingerprint density at radius 1 is 1.58 bits per heavy atom. The van der Waals surface area contributed by atoms with E-state index in [1.807, 2.05) is 0 Å². The Morgan fingerprint density at radius 3 is 2.75 bits per heavy atom. The van der Waals surface area contributed by atoms with Gasteiger partial charge in [-0.15, -0.1) is 0 Å². The molecule has 0 bridgehead atoms. The fraction of sp³-hybridized carbons (Fsp3) is 0. The number of anilines is 1. The van der Waals surface area contributed by atoms with Gasteiger partial charge in [0.25, 0.3) is 5.24 Å². The van der Waals surface area contributed by atoms with Gasteiger partial charge in [0.15, 0.2) is 0 Å². The third-order valence-corrected chi connectivity index (χ3v) is 1.60. The van der Waals surface area contributed by atoms with Crippen molar-refractivity contribution in [3.63, 3.8) is 0 Å². The first-order chi connectivity index (χ1) is 5.65. The van der Waals surface area contributed by atoms with Crippen LogP contribution in [-0.4, -0.2) is 5.24 Å². The molecule has 0 saturated carbocycles. The van der Waals surface area contributed by atoms with Crippen LogP contribution in [0.25, 0.3) is 0 Å². The molecule has 0 amide bonds. The second-order valence-corrected chi connectivity index (χ2v) is 2.50. The van der Waals surface area contributed by atoms with E-state index in [1.54, 1.807) is 0 Å². The van der Waals surface area contributed by atoms with E-state index >= 15 is 0 Å². The van der Waals surface area contributed by atoms with Crippen molar-refractivity contribution in [3.8, 4) is 0 Å². The minimum absolute atomic E-state index is 0.251. The number of nitrogens with two attached hydrogens (primary N) is 1. The van der Waals surface area contributed by atoms with Gasteiger partial charge in [0, 0.05) is 5.56 Å². The van der Waals surface area contributed by atoms with E-state index in [-0.39, 0.29) is 11.3 Å². The van der Waals surface area contributed by atoms with Gasteiger partial charge < -0.3 is 5.73 Å². The fourth-order valence-electron chi connectivity index (χ4n) is 0.763. The summed E-state index contributed by atoms with van der Waals surface area (Å²) in [5.74, 6) is 0. The molecule has 0 aliphatic heterocycles. The molecule has 12 heavy (non-hydrogen) atoms. The van der Waals surface area contributed by atoms with Gasteiger partial charge >= 0.3 is 0 Å². The van der Waals surface area contributed by atoms with Crippen molar-refractivity contribution < 1.29 is 4.79 Å². The molecule has 0 saturated heterocycles. The van der Waals surface area contributed by atoms with E-state index in [9.17, 15) is 4.79 Å². The van der Waals surface area contributed by atoms with Crippen molar-refractivity contribution >= 4 is 28.2 Å². The highest BCUT2D eigenvalue weighted by molar-refractivity contribution is 6.67. The smallest absolute Gasteiger partial charge is 0.252 e. The zero-order valence-electron chi connectivity index (χ0n) is 6.04. The van der Waals surface area contributed by atoms with E-state index in [0.717, 1.165) is 0 Å². The van der Waals surface area contributed by atoms with Crippen LogP contribution < -0.4 is 5.73 Å². The number of nitrogens with one attached hydrogen (secondary N) is 1. The molecule has 3 N–H and O–H groups in total. The summed E-state index contributed by atoms with van der Waals surface area (Å²) in [6.07, 6.45) is 0. The van der Waals surface area contributed by atoms with Gasteiger partial charge in [0.05, 0.1) is 5.69 Å². The summed E-state index contributed by atoms with van der Waals surface area (Å²) in [6, 6.07) is 4.35. The number of halogens is 1. The largest absolute Gasteiger partial charge is 0.397 e. The van der Waals surface area contributed by atoms with Crippen LogP contribution in [0, 0.1) is 5.53 Å². The highest BCUT2D eigenvalue weighted by atomic mass is 35.5. The van der Waals surface area contributed by atoms with Crippen molar-refractivity contribution in [3.05, 3.63) is 23.8 Å². The molecule has 5 heteroatoms. The van der Waals surface area contributed by atoms with Crippen LogP contribution in [0.4, 0.5) is 11.4 Å². The summed E-state index contributed by atoms with van der Waals surface area (Å²) in [4.78, 5) is 10.6. The van der Waals surface area contributed by atoms with E-state index in [0.29, 0.717) is 5.69 Å². The summed E-state index contributed by atoms with van der Waals surface area (Å²) in [7, 11) is 0. The van der Waals surface area contributed by atoms with Gasteiger partial charge in [-0.05, 0) is 29.8 Å². The first-order valence-electron chi connectivity index (χ1n) is 3.12. The Labute approximate surface area is 73.8 Å². The normalized spacial score (nSPS) is 9.42. The second-order valence-electron chi connectivity index (χ2n) is 2.16. The lowest BCUT2D eigenvalue weighted by atomic mass is 10.2. The maximum atomic E-state index is 10.6. The lowest BCUT2D eigenvalue weighted by molar-refractivity contribution is 0.108. The van der Waals surface area contributed by atoms with Gasteiger partial charge in [-0.2, -0.15) is 5.11 Å². The average Bonchev–Trinajstić information content (AvgIpc) is 2.05. The molecule has 0 spiro atoms. The Kier molecular flexibility index (Phi) is 2.40. The second kappa shape index (κ2) is 3.32. The number of hydrogen-bond acceptors (Lipinski definition) is 4. The molecule has 0 aliphatic carbocycles. The molecule has 0 fully saturated rings. The van der Waals surface area contributed by atoms with Gasteiger partial charge in [-0.25, -0.2) is 5.53 Å². The van der Waals surface area contributed by atoms with Crippen LogP contribution in [0.3, 0.4) is 0 Å². The van der Waals surface area contributed by atoms with Crippen molar-refractivity contribution in [2.24, 2.45) is 5.11 Å². The van der Waals surface area contributed by atoms with Gasteiger partial charge in [0.2, 0.25) is 0 Å². The molecule has 0 aromatic heterocycles. The van der Waals surface area contributed by atoms with Crippen LogP contribution in [-0.2, 0) is 0 Å². The minimum atomic E-state index is -0.583. The first-order valence-corrected chi connectivity index (χ1v) is 3.49. The number of rotatable bonds is 2. The Bertz CT molecular complexity index is 337. The highest BCUT2D eigenvalue weighted by Gasteiger charge is 2.04. The number of hydrogen-bond donors (Lipinski definition) is 2. The highest BCUT2D eigenvalue weighted by Crippen LogP contribution is 2.23. The number of nitrogens with zero attached hydrogens (tertiary/aromatic N) is 1. The molecule has 4 nitrogen and oxygen atoms in total. The van der Waals surface area contributed by atoms with E-state index in [1.165, 1.54) is 18.2 Å². The molecule has 0 heterocycles. The SMILES string of the molecule is N=Nc1cc(C(=O)Cl)ccc1N. The third-order valence-electron chi connectivity index (χ3n) is 1.38. The first kappa shape index (κ1) is 8.67. The average molecular weight is 184 g/mol. The maximum Gasteiger partial charge on any atom is 0.252 e. The lowest BCUT2D eigenvalue weighted by Crippen LogP contribution is -1.91. The molecule has 1 aromatic carbocycles. The quantitative estimate of drug-likeness (QED) is 0.419. The maximum absolute atomic E-state index is 10.6. The lowest BCUT2D eigenvalue weighted by Gasteiger charge is -1.98. The molecular formula is C7H6ClN3O. The minimum Gasteiger partial charge on any atom is -0.397 e. The van der Waals surface area contributed by atoms with Crippen molar-refractivity contribution in [2.75, 3.05) is 5.73 Å². The summed E-state index contributed by atoms with van der Waals surface area (Å²) in [6.45, 7) is 0. The Morgan fingerprint density at radius 2 is 2.25 bits per heavy atom. The topological polar surface area (TPSA) is 79.3 Å². The molecule has 0 unspecified atom stereocenters. The number of carbonyl (C=O) groups is 1. The number of benzene rings is 1.